The highest BCUT2D eigenvalue weighted by Gasteiger charge is 2.37. The summed E-state index contributed by atoms with van der Waals surface area (Å²) >= 11 is 3.37. The summed E-state index contributed by atoms with van der Waals surface area (Å²) in [7, 11) is 0. The second-order valence-electron chi connectivity index (χ2n) is 6.75. The molecule has 7 heteroatoms. The zero-order valence-electron chi connectivity index (χ0n) is 15.8. The van der Waals surface area contributed by atoms with Crippen molar-refractivity contribution in [2.24, 2.45) is 11.0 Å². The molecular formula is C22H20BrFN2O3. The molecule has 1 aliphatic heterocycles. The topological polar surface area (TPSA) is 70.0 Å². The zero-order valence-corrected chi connectivity index (χ0v) is 17.4. The van der Waals surface area contributed by atoms with Crippen LogP contribution in [0.3, 0.4) is 0 Å². The number of carboxylic acids is 1. The number of nitrogens with zero attached hydrogens (tertiary/aromatic N) is 2. The number of hydrogen-bond acceptors (Lipinski definition) is 3. The van der Waals surface area contributed by atoms with Gasteiger partial charge >= 0.3 is 5.97 Å². The first-order chi connectivity index (χ1) is 13.9. The first-order valence-corrected chi connectivity index (χ1v) is 10.0. The molecule has 5 nitrogen and oxygen atoms in total. The van der Waals surface area contributed by atoms with Crippen LogP contribution in [0.2, 0.25) is 0 Å². The third-order valence-electron chi connectivity index (χ3n) is 4.62. The fourth-order valence-electron chi connectivity index (χ4n) is 3.18. The summed E-state index contributed by atoms with van der Waals surface area (Å²) in [6.45, 7) is 1.98. The molecule has 0 saturated heterocycles. The van der Waals surface area contributed by atoms with Crippen LogP contribution in [0.15, 0.2) is 63.7 Å². The van der Waals surface area contributed by atoms with Crippen molar-refractivity contribution in [3.8, 4) is 0 Å². The molecule has 0 aromatic heterocycles. The molecule has 1 unspecified atom stereocenters. The number of aliphatic carboxylic acids is 1. The first-order valence-electron chi connectivity index (χ1n) is 9.25. The molecule has 29 heavy (non-hydrogen) atoms. The highest BCUT2D eigenvalue weighted by Crippen LogP contribution is 2.30. The van der Waals surface area contributed by atoms with Crippen LogP contribution in [0.25, 0.3) is 6.08 Å². The second-order valence-corrected chi connectivity index (χ2v) is 7.67. The molecule has 0 spiro atoms. The Morgan fingerprint density at radius 3 is 2.45 bits per heavy atom. The number of carbonyl (C=O) groups is 2. The fraction of sp³-hybridized carbons (Fsp3) is 0.227. The third-order valence-corrected chi connectivity index (χ3v) is 5.15. The number of rotatable bonds is 7. The van der Waals surface area contributed by atoms with E-state index in [9.17, 15) is 19.1 Å². The quantitative estimate of drug-likeness (QED) is 0.574. The Morgan fingerprint density at radius 1 is 1.21 bits per heavy atom. The average molecular weight is 459 g/mol. The molecule has 1 amide bonds. The lowest BCUT2D eigenvalue weighted by atomic mass is 9.91. The van der Waals surface area contributed by atoms with Crippen LogP contribution < -0.4 is 5.01 Å². The minimum Gasteiger partial charge on any atom is -0.478 e. The summed E-state index contributed by atoms with van der Waals surface area (Å²) in [5.41, 5.74) is 1.95. The van der Waals surface area contributed by atoms with E-state index in [0.29, 0.717) is 23.4 Å². The SMILES string of the molecule is CCCC1=NN(c2ccc(Br)cc2)C(=O)C1CC(=Cc1ccc(F)cc1)C(=O)O. The normalized spacial score (nSPS) is 16.9. The Hall–Kier alpha value is -2.80. The van der Waals surface area contributed by atoms with Gasteiger partial charge in [0.05, 0.1) is 17.3 Å². The predicted molar refractivity (Wildman–Crippen MR) is 114 cm³/mol. The smallest absolute Gasteiger partial charge is 0.331 e. The van der Waals surface area contributed by atoms with E-state index in [-0.39, 0.29) is 17.9 Å². The number of hydrazone groups is 1. The maximum absolute atomic E-state index is 13.1. The number of carbonyl (C=O) groups excluding carboxylic acids is 1. The van der Waals surface area contributed by atoms with Crippen LogP contribution in [0.4, 0.5) is 10.1 Å². The lowest BCUT2D eigenvalue weighted by Gasteiger charge is -2.15. The lowest BCUT2D eigenvalue weighted by molar-refractivity contribution is -0.132. The molecular weight excluding hydrogens is 439 g/mol. The fourth-order valence-corrected chi connectivity index (χ4v) is 3.44. The molecule has 3 rings (SSSR count). The van der Waals surface area contributed by atoms with E-state index in [1.807, 2.05) is 19.1 Å². The van der Waals surface area contributed by atoms with Gasteiger partial charge in [0.15, 0.2) is 0 Å². The van der Waals surface area contributed by atoms with E-state index in [2.05, 4.69) is 21.0 Å². The van der Waals surface area contributed by atoms with E-state index in [1.165, 1.54) is 35.4 Å². The van der Waals surface area contributed by atoms with Crippen molar-refractivity contribution in [3.63, 3.8) is 0 Å². The van der Waals surface area contributed by atoms with Crippen molar-refractivity contribution in [1.82, 2.24) is 0 Å². The largest absolute Gasteiger partial charge is 0.478 e. The Balaban J connectivity index is 1.89. The maximum Gasteiger partial charge on any atom is 0.331 e. The van der Waals surface area contributed by atoms with Crippen molar-refractivity contribution in [1.29, 1.82) is 0 Å². The summed E-state index contributed by atoms with van der Waals surface area (Å²) in [6.07, 6.45) is 2.89. The number of benzene rings is 2. The van der Waals surface area contributed by atoms with Gasteiger partial charge in [-0.3, -0.25) is 4.79 Å². The molecule has 1 aliphatic rings. The highest BCUT2D eigenvalue weighted by molar-refractivity contribution is 9.10. The molecule has 0 radical (unpaired) electrons. The molecule has 2 aromatic carbocycles. The van der Waals surface area contributed by atoms with Gasteiger partial charge < -0.3 is 5.11 Å². The Labute approximate surface area is 176 Å². The van der Waals surface area contributed by atoms with Crippen LogP contribution in [-0.4, -0.2) is 22.7 Å². The van der Waals surface area contributed by atoms with Gasteiger partial charge in [0.1, 0.15) is 5.82 Å². The second kappa shape index (κ2) is 9.13. The summed E-state index contributed by atoms with van der Waals surface area (Å²) in [6, 6.07) is 12.8. The summed E-state index contributed by atoms with van der Waals surface area (Å²) in [5.74, 6) is -2.39. The number of anilines is 1. The summed E-state index contributed by atoms with van der Waals surface area (Å²) in [5, 5.41) is 15.5. The monoisotopic (exact) mass is 458 g/mol. The van der Waals surface area contributed by atoms with Crippen LogP contribution >= 0.6 is 15.9 Å². The van der Waals surface area contributed by atoms with Gasteiger partial charge in [-0.1, -0.05) is 41.4 Å². The van der Waals surface area contributed by atoms with Gasteiger partial charge in [0.2, 0.25) is 0 Å². The van der Waals surface area contributed by atoms with Gasteiger partial charge in [0, 0.05) is 10.0 Å². The van der Waals surface area contributed by atoms with Gasteiger partial charge in [-0.2, -0.15) is 5.10 Å². The van der Waals surface area contributed by atoms with Crippen LogP contribution in [-0.2, 0) is 9.59 Å². The molecule has 150 valence electrons. The number of amides is 1. The van der Waals surface area contributed by atoms with Crippen LogP contribution in [0.1, 0.15) is 31.7 Å². The Kier molecular flexibility index (Phi) is 6.59. The molecule has 0 fully saturated rings. The maximum atomic E-state index is 13.1. The van der Waals surface area contributed by atoms with Crippen molar-refractivity contribution in [2.75, 3.05) is 5.01 Å². The molecule has 2 aromatic rings. The van der Waals surface area contributed by atoms with Gasteiger partial charge in [0.25, 0.3) is 5.91 Å². The van der Waals surface area contributed by atoms with E-state index >= 15 is 0 Å². The van der Waals surface area contributed by atoms with Gasteiger partial charge in [-0.15, -0.1) is 0 Å². The molecule has 1 N–H and O–H groups in total. The van der Waals surface area contributed by atoms with Crippen molar-refractivity contribution >= 4 is 45.3 Å². The third kappa shape index (κ3) is 4.98. The standard InChI is InChI=1S/C22H20BrFN2O3/c1-2-3-20-19(21(27)26(25-20)18-10-6-16(23)7-11-18)13-15(22(28)29)12-14-4-8-17(24)9-5-14/h4-12,19H,2-3,13H2,1H3,(H,28,29). The molecule has 1 heterocycles. The van der Waals surface area contributed by atoms with E-state index < -0.39 is 17.7 Å². The summed E-state index contributed by atoms with van der Waals surface area (Å²) in [4.78, 5) is 24.9. The first kappa shape index (κ1) is 20.9. The Morgan fingerprint density at radius 2 is 1.86 bits per heavy atom. The summed E-state index contributed by atoms with van der Waals surface area (Å²) < 4.78 is 14.0. The molecule has 0 bridgehead atoms. The lowest BCUT2D eigenvalue weighted by Crippen LogP contribution is -2.28. The Bertz CT molecular complexity index is 969. The molecule has 1 atom stereocenters. The van der Waals surface area contributed by atoms with Crippen molar-refractivity contribution in [2.45, 2.75) is 26.2 Å². The van der Waals surface area contributed by atoms with Gasteiger partial charge in [-0.05, 0) is 60.9 Å². The predicted octanol–water partition coefficient (Wildman–Crippen LogP) is 5.27. The van der Waals surface area contributed by atoms with Gasteiger partial charge in [-0.25, -0.2) is 14.2 Å². The molecule has 0 aliphatic carbocycles. The van der Waals surface area contributed by atoms with Crippen LogP contribution in [0, 0.1) is 11.7 Å². The van der Waals surface area contributed by atoms with E-state index in [4.69, 9.17) is 0 Å². The zero-order chi connectivity index (χ0) is 21.0. The van der Waals surface area contributed by atoms with Crippen LogP contribution in [0.5, 0.6) is 0 Å². The van der Waals surface area contributed by atoms with Crippen molar-refractivity contribution < 1.29 is 19.1 Å². The van der Waals surface area contributed by atoms with E-state index in [0.717, 1.165) is 10.9 Å². The molecule has 0 saturated carbocycles. The number of hydrogen-bond donors (Lipinski definition) is 1. The highest BCUT2D eigenvalue weighted by atomic mass is 79.9. The van der Waals surface area contributed by atoms with E-state index in [1.54, 1.807) is 12.1 Å². The number of carboxylic acid groups (broad SMARTS) is 1. The average Bonchev–Trinajstić information content (AvgIpc) is 2.99. The van der Waals surface area contributed by atoms with Crippen molar-refractivity contribution in [3.05, 3.63) is 70.0 Å². The number of halogens is 2. The minimum absolute atomic E-state index is 0.0252. The minimum atomic E-state index is -1.11.